The van der Waals surface area contributed by atoms with Crippen LogP contribution in [0.4, 0.5) is 0 Å². The Kier molecular flexibility index (Phi) is 2.88. The second kappa shape index (κ2) is 4.18. The van der Waals surface area contributed by atoms with Gasteiger partial charge in [-0.25, -0.2) is 4.99 Å². The van der Waals surface area contributed by atoms with E-state index in [0.717, 1.165) is 5.70 Å². The third-order valence-electron chi connectivity index (χ3n) is 2.97. The molecule has 3 heteroatoms. The molecule has 2 nitrogen and oxygen atoms in total. The molecule has 0 radical (unpaired) electrons. The Morgan fingerprint density at radius 3 is 2.69 bits per heavy atom. The lowest BCUT2D eigenvalue weighted by Crippen LogP contribution is -2.13. The van der Waals surface area contributed by atoms with Crippen LogP contribution in [0.2, 0.25) is 0 Å². The third kappa shape index (κ3) is 1.91. The maximum atomic E-state index is 4.98. The van der Waals surface area contributed by atoms with E-state index in [1.54, 1.807) is 6.21 Å². The molecule has 1 aliphatic heterocycles. The van der Waals surface area contributed by atoms with Crippen LogP contribution < -0.4 is 5.32 Å². The maximum absolute atomic E-state index is 4.98. The van der Waals surface area contributed by atoms with Crippen LogP contribution in [-0.4, -0.2) is 11.3 Å². The number of thiocarbonyl (C=S) groups is 1. The van der Waals surface area contributed by atoms with Crippen molar-refractivity contribution in [2.75, 3.05) is 0 Å². The van der Waals surface area contributed by atoms with Crippen LogP contribution in [-0.2, 0) is 0 Å². The summed E-state index contributed by atoms with van der Waals surface area (Å²) in [6.07, 6.45) is 1.79. The van der Waals surface area contributed by atoms with E-state index in [-0.39, 0.29) is 0 Å². The molecular weight excluding hydrogens is 216 g/mol. The van der Waals surface area contributed by atoms with E-state index in [1.807, 2.05) is 0 Å². The van der Waals surface area contributed by atoms with E-state index in [9.17, 15) is 0 Å². The lowest BCUT2D eigenvalue weighted by Gasteiger charge is -2.10. The van der Waals surface area contributed by atoms with Crippen LogP contribution in [0, 0.1) is 13.8 Å². The summed E-state index contributed by atoms with van der Waals surface area (Å²) < 4.78 is 0. The van der Waals surface area contributed by atoms with Gasteiger partial charge in [0.15, 0.2) is 5.11 Å². The van der Waals surface area contributed by atoms with Gasteiger partial charge < -0.3 is 5.32 Å². The zero-order valence-electron chi connectivity index (χ0n) is 9.66. The number of rotatable bonds is 1. The lowest BCUT2D eigenvalue weighted by molar-refractivity contribution is 1.24. The molecule has 0 bridgehead atoms. The largest absolute Gasteiger partial charge is 0.329 e. The normalized spacial score (nSPS) is 17.6. The Hall–Kier alpha value is -1.48. The van der Waals surface area contributed by atoms with Gasteiger partial charge in [-0.3, -0.25) is 0 Å². The average molecular weight is 230 g/mol. The molecule has 2 rings (SSSR count). The van der Waals surface area contributed by atoms with Crippen LogP contribution in [0.3, 0.4) is 0 Å². The van der Waals surface area contributed by atoms with Crippen molar-refractivity contribution < 1.29 is 0 Å². The first-order valence-electron chi connectivity index (χ1n) is 5.22. The number of nitrogens with one attached hydrogen (secondary N) is 1. The second-order valence-corrected chi connectivity index (χ2v) is 4.36. The standard InChI is InChI=1S/C13H14N2S/c1-8-5-4-6-11(9(8)2)10(3)12-7-14-13(16)15-12/h4-7H,1-3H3,(H,15,16)/b12-10+. The number of allylic oxidation sites excluding steroid dienone is 2. The molecule has 1 N–H and O–H groups in total. The van der Waals surface area contributed by atoms with Crippen molar-refractivity contribution in [3.63, 3.8) is 0 Å². The van der Waals surface area contributed by atoms with Crippen molar-refractivity contribution >= 4 is 29.1 Å². The molecular formula is C13H14N2S. The van der Waals surface area contributed by atoms with Crippen molar-refractivity contribution in [3.8, 4) is 0 Å². The van der Waals surface area contributed by atoms with Gasteiger partial charge in [0.1, 0.15) is 0 Å². The average Bonchev–Trinajstić information content (AvgIpc) is 2.68. The van der Waals surface area contributed by atoms with Gasteiger partial charge in [0.05, 0.1) is 11.9 Å². The molecule has 0 fully saturated rings. The van der Waals surface area contributed by atoms with E-state index in [0.29, 0.717) is 5.11 Å². The summed E-state index contributed by atoms with van der Waals surface area (Å²) in [5, 5.41) is 3.63. The fourth-order valence-electron chi connectivity index (χ4n) is 1.80. The molecule has 0 aliphatic carbocycles. The zero-order valence-corrected chi connectivity index (χ0v) is 10.5. The fraction of sp³-hybridized carbons (Fsp3) is 0.231. The second-order valence-electron chi connectivity index (χ2n) is 3.97. The van der Waals surface area contributed by atoms with Crippen molar-refractivity contribution in [3.05, 3.63) is 40.6 Å². The molecule has 1 aromatic rings. The molecule has 1 heterocycles. The van der Waals surface area contributed by atoms with E-state index in [4.69, 9.17) is 12.2 Å². The van der Waals surface area contributed by atoms with Gasteiger partial charge in [0.25, 0.3) is 0 Å². The molecule has 0 aromatic heterocycles. The summed E-state index contributed by atoms with van der Waals surface area (Å²) in [5.41, 5.74) is 6.04. The maximum Gasteiger partial charge on any atom is 0.197 e. The molecule has 0 saturated heterocycles. The highest BCUT2D eigenvalue weighted by Gasteiger charge is 2.11. The summed E-state index contributed by atoms with van der Waals surface area (Å²) >= 11 is 4.98. The first kappa shape index (κ1) is 11.0. The Balaban J connectivity index is 2.49. The molecule has 1 aromatic carbocycles. The number of aryl methyl sites for hydroxylation is 1. The SMILES string of the molecule is C/C(=C1/C=NC(=S)N1)c1cccc(C)c1C. The number of nitrogens with zero attached hydrogens (tertiary/aromatic N) is 1. The Morgan fingerprint density at radius 2 is 2.06 bits per heavy atom. The minimum Gasteiger partial charge on any atom is -0.329 e. The Morgan fingerprint density at radius 1 is 1.31 bits per heavy atom. The zero-order chi connectivity index (χ0) is 11.7. The van der Waals surface area contributed by atoms with Crippen molar-refractivity contribution in [1.29, 1.82) is 0 Å². The third-order valence-corrected chi connectivity index (χ3v) is 3.17. The van der Waals surface area contributed by atoms with Crippen LogP contribution in [0.1, 0.15) is 23.6 Å². The van der Waals surface area contributed by atoms with Crippen LogP contribution in [0.5, 0.6) is 0 Å². The molecule has 82 valence electrons. The van der Waals surface area contributed by atoms with Crippen molar-refractivity contribution in [1.82, 2.24) is 5.32 Å². The van der Waals surface area contributed by atoms with Gasteiger partial charge in [0.2, 0.25) is 0 Å². The smallest absolute Gasteiger partial charge is 0.197 e. The molecule has 0 unspecified atom stereocenters. The summed E-state index contributed by atoms with van der Waals surface area (Å²) in [7, 11) is 0. The van der Waals surface area contributed by atoms with Gasteiger partial charge in [-0.2, -0.15) is 0 Å². The van der Waals surface area contributed by atoms with E-state index in [2.05, 4.69) is 49.3 Å². The summed E-state index contributed by atoms with van der Waals surface area (Å²) in [6.45, 7) is 6.35. The molecule has 1 aliphatic rings. The van der Waals surface area contributed by atoms with Gasteiger partial charge in [-0.1, -0.05) is 18.2 Å². The van der Waals surface area contributed by atoms with E-state index < -0.39 is 0 Å². The Bertz CT molecular complexity index is 513. The van der Waals surface area contributed by atoms with E-state index >= 15 is 0 Å². The Labute approximate surface area is 101 Å². The molecule has 0 amide bonds. The van der Waals surface area contributed by atoms with Crippen LogP contribution in [0.25, 0.3) is 5.57 Å². The summed E-state index contributed by atoms with van der Waals surface area (Å²) in [4.78, 5) is 4.05. The van der Waals surface area contributed by atoms with Gasteiger partial charge in [-0.05, 0) is 55.3 Å². The predicted molar refractivity (Wildman–Crippen MR) is 72.7 cm³/mol. The minimum absolute atomic E-state index is 0.541. The molecule has 16 heavy (non-hydrogen) atoms. The van der Waals surface area contributed by atoms with E-state index in [1.165, 1.54) is 22.3 Å². The van der Waals surface area contributed by atoms with Crippen LogP contribution in [0.15, 0.2) is 28.9 Å². The molecule has 0 atom stereocenters. The monoisotopic (exact) mass is 230 g/mol. The molecule has 0 saturated carbocycles. The number of hydrogen-bond donors (Lipinski definition) is 1. The van der Waals surface area contributed by atoms with Crippen molar-refractivity contribution in [2.45, 2.75) is 20.8 Å². The summed E-state index contributed by atoms with van der Waals surface area (Å²) in [5.74, 6) is 0. The quantitative estimate of drug-likeness (QED) is 0.750. The minimum atomic E-state index is 0.541. The highest BCUT2D eigenvalue weighted by atomic mass is 32.1. The highest BCUT2D eigenvalue weighted by molar-refractivity contribution is 7.80. The van der Waals surface area contributed by atoms with Crippen molar-refractivity contribution in [2.24, 2.45) is 4.99 Å². The highest BCUT2D eigenvalue weighted by Crippen LogP contribution is 2.23. The molecule has 0 spiro atoms. The topological polar surface area (TPSA) is 24.4 Å². The first-order chi connectivity index (χ1) is 7.59. The van der Waals surface area contributed by atoms with Gasteiger partial charge >= 0.3 is 0 Å². The van der Waals surface area contributed by atoms with Gasteiger partial charge in [-0.15, -0.1) is 0 Å². The fourth-order valence-corrected chi connectivity index (χ4v) is 1.96. The number of benzene rings is 1. The predicted octanol–water partition coefficient (Wildman–Crippen LogP) is 2.99. The first-order valence-corrected chi connectivity index (χ1v) is 5.63. The van der Waals surface area contributed by atoms with Crippen LogP contribution >= 0.6 is 12.2 Å². The number of aliphatic imine (C=N–C) groups is 1. The van der Waals surface area contributed by atoms with Gasteiger partial charge in [0, 0.05) is 0 Å². The lowest BCUT2D eigenvalue weighted by atomic mass is 9.97. The number of hydrogen-bond acceptors (Lipinski definition) is 1. The summed E-state index contributed by atoms with van der Waals surface area (Å²) in [6, 6.07) is 6.32.